The molecule has 4 N–H and O–H groups in total. The third-order valence-electron chi connectivity index (χ3n) is 2.83. The van der Waals surface area contributed by atoms with Crippen LogP contribution >= 0.6 is 15.9 Å². The molecule has 0 saturated heterocycles. The molecule has 108 valence electrons. The fourth-order valence-corrected chi connectivity index (χ4v) is 2.09. The number of hydrogen-bond acceptors (Lipinski definition) is 3. The summed E-state index contributed by atoms with van der Waals surface area (Å²) in [6.45, 7) is 0. The van der Waals surface area contributed by atoms with Crippen LogP contribution in [-0.2, 0) is 11.2 Å². The Morgan fingerprint density at radius 1 is 1.14 bits per heavy atom. The van der Waals surface area contributed by atoms with Gasteiger partial charge < -0.3 is 16.2 Å². The number of anilines is 2. The molecule has 0 aliphatic heterocycles. The van der Waals surface area contributed by atoms with Crippen LogP contribution in [-0.4, -0.2) is 17.0 Å². The summed E-state index contributed by atoms with van der Waals surface area (Å²) in [6.07, 6.45) is 0.163. The number of aromatic carboxylic acids is 1. The van der Waals surface area contributed by atoms with Crippen LogP contribution in [0, 0.1) is 0 Å². The van der Waals surface area contributed by atoms with Crippen molar-refractivity contribution < 1.29 is 14.7 Å². The minimum atomic E-state index is -1.14. The van der Waals surface area contributed by atoms with Gasteiger partial charge in [0.05, 0.1) is 17.7 Å². The Morgan fingerprint density at radius 3 is 2.43 bits per heavy atom. The number of nitrogens with one attached hydrogen (secondary N) is 1. The van der Waals surface area contributed by atoms with Crippen LogP contribution in [0.4, 0.5) is 11.4 Å². The first-order valence-corrected chi connectivity index (χ1v) is 6.92. The van der Waals surface area contributed by atoms with Crippen LogP contribution in [0.5, 0.6) is 0 Å². The second-order valence-electron chi connectivity index (χ2n) is 4.46. The first-order valence-electron chi connectivity index (χ1n) is 6.13. The van der Waals surface area contributed by atoms with Gasteiger partial charge in [-0.1, -0.05) is 28.1 Å². The molecule has 0 spiro atoms. The van der Waals surface area contributed by atoms with E-state index in [0.717, 1.165) is 10.0 Å². The first-order chi connectivity index (χ1) is 9.95. The lowest BCUT2D eigenvalue weighted by Crippen LogP contribution is -2.17. The average molecular weight is 349 g/mol. The van der Waals surface area contributed by atoms with Crippen molar-refractivity contribution in [1.82, 2.24) is 0 Å². The molecule has 0 aliphatic carbocycles. The molecule has 2 aromatic rings. The average Bonchev–Trinajstić information content (AvgIpc) is 2.43. The van der Waals surface area contributed by atoms with E-state index >= 15 is 0 Å². The molecule has 0 bridgehead atoms. The summed E-state index contributed by atoms with van der Waals surface area (Å²) in [5, 5.41) is 11.7. The van der Waals surface area contributed by atoms with E-state index in [1.807, 2.05) is 24.3 Å². The molecule has 6 heteroatoms. The Morgan fingerprint density at radius 2 is 1.81 bits per heavy atom. The largest absolute Gasteiger partial charge is 0.478 e. The van der Waals surface area contributed by atoms with E-state index in [-0.39, 0.29) is 23.6 Å². The molecule has 0 aromatic heterocycles. The van der Waals surface area contributed by atoms with E-state index in [0.29, 0.717) is 5.69 Å². The van der Waals surface area contributed by atoms with Crippen LogP contribution in [0.3, 0.4) is 0 Å². The molecule has 1 amide bonds. The zero-order chi connectivity index (χ0) is 15.4. The van der Waals surface area contributed by atoms with E-state index in [4.69, 9.17) is 10.8 Å². The number of carbonyl (C=O) groups is 2. The summed E-state index contributed by atoms with van der Waals surface area (Å²) in [5.74, 6) is -1.43. The lowest BCUT2D eigenvalue weighted by molar-refractivity contribution is -0.115. The molecule has 5 nitrogen and oxygen atoms in total. The Hall–Kier alpha value is -2.34. The van der Waals surface area contributed by atoms with Crippen molar-refractivity contribution in [3.8, 4) is 0 Å². The lowest BCUT2D eigenvalue weighted by atomic mass is 10.1. The van der Waals surface area contributed by atoms with E-state index in [2.05, 4.69) is 21.2 Å². The third kappa shape index (κ3) is 4.06. The number of nitrogen functional groups attached to an aromatic ring is 1. The van der Waals surface area contributed by atoms with Gasteiger partial charge in [-0.2, -0.15) is 0 Å². The van der Waals surface area contributed by atoms with Gasteiger partial charge in [-0.15, -0.1) is 0 Å². The number of carboxylic acids is 1. The summed E-state index contributed by atoms with van der Waals surface area (Å²) < 4.78 is 0.929. The topological polar surface area (TPSA) is 92.4 Å². The van der Waals surface area contributed by atoms with Crippen LogP contribution in [0.2, 0.25) is 0 Å². The second-order valence-corrected chi connectivity index (χ2v) is 5.38. The molecule has 0 unspecified atom stereocenters. The highest BCUT2D eigenvalue weighted by Crippen LogP contribution is 2.19. The minimum Gasteiger partial charge on any atom is -0.478 e. The van der Waals surface area contributed by atoms with Crippen LogP contribution < -0.4 is 11.1 Å². The number of nitrogens with two attached hydrogens (primary N) is 1. The van der Waals surface area contributed by atoms with Crippen molar-refractivity contribution in [2.75, 3.05) is 11.1 Å². The van der Waals surface area contributed by atoms with E-state index < -0.39 is 5.97 Å². The predicted octanol–water partition coefficient (Wildman–Crippen LogP) is 2.91. The summed E-state index contributed by atoms with van der Waals surface area (Å²) in [7, 11) is 0. The van der Waals surface area contributed by atoms with E-state index in [1.54, 1.807) is 6.07 Å². The van der Waals surface area contributed by atoms with Gasteiger partial charge in [0.1, 0.15) is 0 Å². The maximum Gasteiger partial charge on any atom is 0.337 e. The minimum absolute atomic E-state index is 0.0286. The Balaban J connectivity index is 2.12. The maximum atomic E-state index is 12.0. The van der Waals surface area contributed by atoms with Gasteiger partial charge in [-0.3, -0.25) is 4.79 Å². The molecule has 0 atom stereocenters. The number of carbonyl (C=O) groups excluding carboxylic acids is 1. The first kappa shape index (κ1) is 15.1. The van der Waals surface area contributed by atoms with Gasteiger partial charge in [0.25, 0.3) is 0 Å². The number of benzene rings is 2. The van der Waals surface area contributed by atoms with Gasteiger partial charge >= 0.3 is 5.97 Å². The number of hydrogen-bond donors (Lipinski definition) is 3. The SMILES string of the molecule is Nc1ccc(NC(=O)Cc2ccc(Br)cc2)c(C(=O)O)c1. The monoisotopic (exact) mass is 348 g/mol. The number of carboxylic acid groups (broad SMARTS) is 1. The van der Waals surface area contributed by atoms with Gasteiger partial charge in [-0.05, 0) is 35.9 Å². The van der Waals surface area contributed by atoms with E-state index in [1.165, 1.54) is 12.1 Å². The van der Waals surface area contributed by atoms with Gasteiger partial charge in [0, 0.05) is 10.2 Å². The number of halogens is 1. The zero-order valence-electron chi connectivity index (χ0n) is 11.0. The van der Waals surface area contributed by atoms with Gasteiger partial charge in [0.2, 0.25) is 5.91 Å². The molecule has 0 fully saturated rings. The van der Waals surface area contributed by atoms with Crippen molar-refractivity contribution in [3.05, 3.63) is 58.1 Å². The molecule has 2 aromatic carbocycles. The maximum absolute atomic E-state index is 12.0. The molecule has 0 saturated carbocycles. The summed E-state index contributed by atoms with van der Waals surface area (Å²) in [5.41, 5.74) is 6.93. The summed E-state index contributed by atoms with van der Waals surface area (Å²) in [4.78, 5) is 23.1. The highest BCUT2D eigenvalue weighted by Gasteiger charge is 2.13. The molecule has 2 rings (SSSR count). The number of amides is 1. The highest BCUT2D eigenvalue weighted by molar-refractivity contribution is 9.10. The van der Waals surface area contributed by atoms with Crippen LogP contribution in [0.25, 0.3) is 0 Å². The predicted molar refractivity (Wildman–Crippen MR) is 84.3 cm³/mol. The van der Waals surface area contributed by atoms with Crippen LogP contribution in [0.1, 0.15) is 15.9 Å². The molecule has 0 radical (unpaired) electrons. The smallest absolute Gasteiger partial charge is 0.337 e. The van der Waals surface area contributed by atoms with Gasteiger partial charge in [-0.25, -0.2) is 4.79 Å². The molecule has 21 heavy (non-hydrogen) atoms. The van der Waals surface area contributed by atoms with Crippen LogP contribution in [0.15, 0.2) is 46.9 Å². The van der Waals surface area contributed by atoms with Crippen molar-refractivity contribution in [2.45, 2.75) is 6.42 Å². The third-order valence-corrected chi connectivity index (χ3v) is 3.35. The molecule has 0 aliphatic rings. The zero-order valence-corrected chi connectivity index (χ0v) is 12.6. The molecule has 0 heterocycles. The molecular formula is C15H13BrN2O3. The Kier molecular flexibility index (Phi) is 4.59. The quantitative estimate of drug-likeness (QED) is 0.740. The fourth-order valence-electron chi connectivity index (χ4n) is 1.83. The summed E-state index contributed by atoms with van der Waals surface area (Å²) >= 11 is 3.32. The van der Waals surface area contributed by atoms with Gasteiger partial charge in [0.15, 0.2) is 0 Å². The number of rotatable bonds is 4. The summed E-state index contributed by atoms with van der Waals surface area (Å²) in [6, 6.07) is 11.7. The fraction of sp³-hybridized carbons (Fsp3) is 0.0667. The molecular weight excluding hydrogens is 336 g/mol. The standard InChI is InChI=1S/C15H13BrN2O3/c16-10-3-1-9(2-4-10)7-14(19)18-13-6-5-11(17)8-12(13)15(20)21/h1-6,8H,7,17H2,(H,18,19)(H,20,21). The van der Waals surface area contributed by atoms with Crippen molar-refractivity contribution in [1.29, 1.82) is 0 Å². The van der Waals surface area contributed by atoms with Crippen molar-refractivity contribution >= 4 is 39.2 Å². The van der Waals surface area contributed by atoms with Crippen molar-refractivity contribution in [3.63, 3.8) is 0 Å². The second kappa shape index (κ2) is 6.41. The highest BCUT2D eigenvalue weighted by atomic mass is 79.9. The Labute approximate surface area is 129 Å². The normalized spacial score (nSPS) is 10.1. The Bertz CT molecular complexity index is 684. The van der Waals surface area contributed by atoms with E-state index in [9.17, 15) is 9.59 Å². The lowest BCUT2D eigenvalue weighted by Gasteiger charge is -2.09. The van der Waals surface area contributed by atoms with Crippen molar-refractivity contribution in [2.24, 2.45) is 0 Å².